The highest BCUT2D eigenvalue weighted by Gasteiger charge is 2.44. The summed E-state index contributed by atoms with van der Waals surface area (Å²) < 4.78 is 29.5. The summed E-state index contributed by atoms with van der Waals surface area (Å²) in [5.74, 6) is -1.92. The van der Waals surface area contributed by atoms with Crippen molar-refractivity contribution in [3.8, 4) is 5.75 Å². The topological polar surface area (TPSA) is 71.5 Å². The number of nitrogens with one attached hydrogen (secondary N) is 1. The van der Waals surface area contributed by atoms with E-state index >= 15 is 0 Å². The SMILES string of the molecule is CNCCC(=O)N1CCc2scnc2C1c1cccc(OC(C)C)c1.O=CC1CC(F)(F)C1. The van der Waals surface area contributed by atoms with Crippen LogP contribution in [-0.4, -0.2) is 54.2 Å². The van der Waals surface area contributed by atoms with Crippen LogP contribution in [0.5, 0.6) is 5.75 Å². The molecule has 1 amide bonds. The summed E-state index contributed by atoms with van der Waals surface area (Å²) in [5.41, 5.74) is 3.95. The number of thiazole rings is 1. The van der Waals surface area contributed by atoms with Crippen LogP contribution in [0.15, 0.2) is 29.8 Å². The number of ether oxygens (including phenoxy) is 1. The molecule has 1 unspecified atom stereocenters. The minimum absolute atomic E-state index is 0.116. The summed E-state index contributed by atoms with van der Waals surface area (Å²) in [7, 11) is 1.87. The van der Waals surface area contributed by atoms with Gasteiger partial charge in [-0.05, 0) is 38.6 Å². The van der Waals surface area contributed by atoms with Gasteiger partial charge in [0.05, 0.1) is 17.3 Å². The first-order valence-electron chi connectivity index (χ1n) is 11.2. The van der Waals surface area contributed by atoms with Crippen molar-refractivity contribution in [1.29, 1.82) is 0 Å². The number of benzene rings is 1. The minimum atomic E-state index is -2.54. The van der Waals surface area contributed by atoms with Crippen molar-refractivity contribution >= 4 is 23.5 Å². The lowest BCUT2D eigenvalue weighted by Gasteiger charge is -2.35. The van der Waals surface area contributed by atoms with Gasteiger partial charge in [-0.2, -0.15) is 0 Å². The van der Waals surface area contributed by atoms with Crippen LogP contribution in [0, 0.1) is 5.92 Å². The second-order valence-electron chi connectivity index (χ2n) is 8.65. The van der Waals surface area contributed by atoms with Crippen LogP contribution in [0.25, 0.3) is 0 Å². The molecule has 6 nitrogen and oxygen atoms in total. The van der Waals surface area contributed by atoms with Crippen LogP contribution in [0.1, 0.15) is 55.3 Å². The molecule has 1 aliphatic carbocycles. The molecule has 180 valence electrons. The molecule has 4 rings (SSSR count). The molecule has 1 fully saturated rings. The normalized spacial score (nSPS) is 19.2. The lowest BCUT2D eigenvalue weighted by molar-refractivity contribution is -0.137. The van der Waals surface area contributed by atoms with Gasteiger partial charge in [0.2, 0.25) is 11.8 Å². The summed E-state index contributed by atoms with van der Waals surface area (Å²) in [4.78, 5) is 30.3. The minimum Gasteiger partial charge on any atom is -0.491 e. The number of halogens is 2. The van der Waals surface area contributed by atoms with Crippen LogP contribution in [0.4, 0.5) is 8.78 Å². The van der Waals surface area contributed by atoms with Crippen LogP contribution >= 0.6 is 11.3 Å². The first-order chi connectivity index (χ1) is 15.7. The Labute approximate surface area is 197 Å². The first-order valence-corrected chi connectivity index (χ1v) is 12.1. The summed E-state index contributed by atoms with van der Waals surface area (Å²) in [6, 6.07) is 7.92. The van der Waals surface area contributed by atoms with Gasteiger partial charge in [0.15, 0.2) is 0 Å². The number of hydrogen-bond acceptors (Lipinski definition) is 6. The molecule has 2 aromatic rings. The Morgan fingerprint density at radius 3 is 2.76 bits per heavy atom. The number of nitrogens with zero attached hydrogens (tertiary/aromatic N) is 2. The predicted octanol–water partition coefficient (Wildman–Crippen LogP) is 4.24. The maximum atomic E-state index is 12.8. The molecule has 2 heterocycles. The van der Waals surface area contributed by atoms with Crippen LogP contribution in [0.2, 0.25) is 0 Å². The molecule has 1 saturated carbocycles. The molecular weight excluding hydrogens is 448 g/mol. The number of alkyl halides is 2. The number of aromatic nitrogens is 1. The Hall–Kier alpha value is -2.39. The molecule has 1 atom stereocenters. The average molecular weight is 480 g/mol. The number of aldehydes is 1. The van der Waals surface area contributed by atoms with Crippen molar-refractivity contribution in [2.45, 2.75) is 57.6 Å². The number of rotatable bonds is 7. The van der Waals surface area contributed by atoms with Gasteiger partial charge in [0.25, 0.3) is 0 Å². The summed E-state index contributed by atoms with van der Waals surface area (Å²) in [5, 5.41) is 3.06. The number of carbonyl (C=O) groups excluding carboxylic acids is 2. The van der Waals surface area contributed by atoms with E-state index < -0.39 is 5.92 Å². The van der Waals surface area contributed by atoms with E-state index in [1.54, 1.807) is 11.3 Å². The molecule has 33 heavy (non-hydrogen) atoms. The summed E-state index contributed by atoms with van der Waals surface area (Å²) in [6.07, 6.45) is 1.60. The quantitative estimate of drug-likeness (QED) is 0.602. The van der Waals surface area contributed by atoms with Gasteiger partial charge in [-0.1, -0.05) is 12.1 Å². The number of amides is 1. The largest absolute Gasteiger partial charge is 0.491 e. The van der Waals surface area contributed by atoms with Gasteiger partial charge in [0, 0.05) is 49.6 Å². The van der Waals surface area contributed by atoms with Crippen LogP contribution in [-0.2, 0) is 16.0 Å². The molecule has 0 bridgehead atoms. The lowest BCUT2D eigenvalue weighted by atomic mass is 9.83. The Kier molecular flexibility index (Phi) is 8.53. The second-order valence-corrected chi connectivity index (χ2v) is 9.59. The number of carbonyl (C=O) groups is 2. The Morgan fingerprint density at radius 2 is 2.15 bits per heavy atom. The summed E-state index contributed by atoms with van der Waals surface area (Å²) in [6.45, 7) is 5.44. The van der Waals surface area contributed by atoms with Crippen molar-refractivity contribution in [3.63, 3.8) is 0 Å². The molecule has 1 aromatic heterocycles. The fourth-order valence-electron chi connectivity index (χ4n) is 4.00. The van der Waals surface area contributed by atoms with E-state index in [-0.39, 0.29) is 36.8 Å². The molecule has 1 N–H and O–H groups in total. The van der Waals surface area contributed by atoms with Crippen molar-refractivity contribution in [1.82, 2.24) is 15.2 Å². The third-order valence-electron chi connectivity index (χ3n) is 5.59. The second kappa shape index (κ2) is 11.2. The van der Waals surface area contributed by atoms with E-state index in [9.17, 15) is 18.4 Å². The third kappa shape index (κ3) is 6.57. The van der Waals surface area contributed by atoms with Crippen LogP contribution < -0.4 is 10.1 Å². The van der Waals surface area contributed by atoms with Gasteiger partial charge >= 0.3 is 0 Å². The van der Waals surface area contributed by atoms with E-state index in [1.165, 1.54) is 4.88 Å². The molecule has 9 heteroatoms. The predicted molar refractivity (Wildman–Crippen MR) is 124 cm³/mol. The lowest BCUT2D eigenvalue weighted by Crippen LogP contribution is -2.41. The Bertz CT molecular complexity index is 943. The fraction of sp³-hybridized carbons (Fsp3) is 0.542. The highest BCUT2D eigenvalue weighted by atomic mass is 32.1. The van der Waals surface area contributed by atoms with E-state index in [1.807, 2.05) is 49.5 Å². The van der Waals surface area contributed by atoms with E-state index in [4.69, 9.17) is 4.74 Å². The monoisotopic (exact) mass is 479 g/mol. The summed E-state index contributed by atoms with van der Waals surface area (Å²) >= 11 is 1.68. The Morgan fingerprint density at radius 1 is 1.39 bits per heavy atom. The van der Waals surface area contributed by atoms with Gasteiger partial charge in [0.1, 0.15) is 18.1 Å². The van der Waals surface area contributed by atoms with Gasteiger partial charge in [-0.15, -0.1) is 11.3 Å². The molecule has 0 spiro atoms. The average Bonchev–Trinajstić information content (AvgIpc) is 3.24. The zero-order valence-corrected chi connectivity index (χ0v) is 20.0. The molecule has 1 aliphatic heterocycles. The van der Waals surface area contributed by atoms with Crippen molar-refractivity contribution in [3.05, 3.63) is 45.9 Å². The van der Waals surface area contributed by atoms with Gasteiger partial charge in [-0.25, -0.2) is 13.8 Å². The highest BCUT2D eigenvalue weighted by Crippen LogP contribution is 2.41. The smallest absolute Gasteiger partial charge is 0.249 e. The molecule has 2 aliphatic rings. The molecule has 0 radical (unpaired) electrons. The fourth-order valence-corrected chi connectivity index (χ4v) is 4.79. The van der Waals surface area contributed by atoms with Crippen LogP contribution in [0.3, 0.4) is 0 Å². The zero-order chi connectivity index (χ0) is 24.0. The highest BCUT2D eigenvalue weighted by molar-refractivity contribution is 7.09. The molecule has 1 aromatic carbocycles. The van der Waals surface area contributed by atoms with Crippen molar-refractivity contribution < 1.29 is 23.1 Å². The molecular formula is C24H31F2N3O3S. The van der Waals surface area contributed by atoms with E-state index in [2.05, 4.69) is 16.4 Å². The van der Waals surface area contributed by atoms with Gasteiger partial charge < -0.3 is 19.7 Å². The Balaban J connectivity index is 0.000000323. The van der Waals surface area contributed by atoms with Gasteiger partial charge in [-0.3, -0.25) is 4.79 Å². The standard InChI is InChI=1S/C19H25N3O2S.C5H6F2O/c1-13(2)24-15-6-4-5-14(11-15)19-18-16(25-12-21-18)8-10-22(19)17(23)7-9-20-3;6-5(7)1-4(2-5)3-8/h4-6,11-13,19-20H,7-10H2,1-3H3;3-4H,1-2H2. The van der Waals surface area contributed by atoms with Crippen molar-refractivity contribution in [2.24, 2.45) is 5.92 Å². The number of hydrogen-bond donors (Lipinski definition) is 1. The molecule has 0 saturated heterocycles. The number of fused-ring (bicyclic) bond motifs is 1. The maximum Gasteiger partial charge on any atom is 0.249 e. The first kappa shape index (κ1) is 25.2. The maximum absolute atomic E-state index is 12.8. The zero-order valence-electron chi connectivity index (χ0n) is 19.2. The third-order valence-corrected chi connectivity index (χ3v) is 6.50. The van der Waals surface area contributed by atoms with E-state index in [0.29, 0.717) is 19.3 Å². The van der Waals surface area contributed by atoms with E-state index in [0.717, 1.165) is 30.0 Å². The van der Waals surface area contributed by atoms with Crippen molar-refractivity contribution in [2.75, 3.05) is 20.1 Å².